The normalized spacial score (nSPS) is 16.2. The Bertz CT molecular complexity index is 915. The van der Waals surface area contributed by atoms with Crippen LogP contribution in [0.3, 0.4) is 0 Å². The van der Waals surface area contributed by atoms with E-state index in [-0.39, 0.29) is 17.6 Å². The predicted octanol–water partition coefficient (Wildman–Crippen LogP) is 3.57. The number of halogens is 2. The Morgan fingerprint density at radius 3 is 2.59 bits per heavy atom. The monoisotopic (exact) mass is 427 g/mol. The van der Waals surface area contributed by atoms with Crippen LogP contribution in [0.4, 0.5) is 5.69 Å². The third kappa shape index (κ3) is 5.19. The zero-order chi connectivity index (χ0) is 19.4. The van der Waals surface area contributed by atoms with Crippen LogP contribution in [0, 0.1) is 5.92 Å². The molecule has 0 atom stereocenters. The number of sulfonamides is 1. The Morgan fingerprint density at radius 2 is 1.96 bits per heavy atom. The average molecular weight is 428 g/mol. The molecule has 1 fully saturated rings. The first-order chi connectivity index (χ1) is 12.8. The molecule has 1 saturated heterocycles. The number of carbonyl (C=O) groups excluding carboxylic acids is 1. The van der Waals surface area contributed by atoms with E-state index in [1.807, 2.05) is 0 Å². The largest absolute Gasteiger partial charge is 0.324 e. The van der Waals surface area contributed by atoms with E-state index in [1.165, 1.54) is 10.4 Å². The molecule has 0 radical (unpaired) electrons. The van der Waals surface area contributed by atoms with Crippen molar-refractivity contribution in [1.82, 2.24) is 9.29 Å². The summed E-state index contributed by atoms with van der Waals surface area (Å²) in [5.41, 5.74) is 1.15. The van der Waals surface area contributed by atoms with Crippen LogP contribution < -0.4 is 5.32 Å². The van der Waals surface area contributed by atoms with E-state index in [9.17, 15) is 13.2 Å². The SMILES string of the molecule is O=C(Nc1cccnc1)C1CCN(S(=O)(=O)Cc2ccc(Cl)cc2Cl)CC1. The van der Waals surface area contributed by atoms with Crippen LogP contribution in [-0.4, -0.2) is 36.7 Å². The van der Waals surface area contributed by atoms with Gasteiger partial charge in [-0.15, -0.1) is 0 Å². The summed E-state index contributed by atoms with van der Waals surface area (Å²) in [6.07, 6.45) is 4.15. The van der Waals surface area contributed by atoms with E-state index < -0.39 is 10.0 Å². The standard InChI is InChI=1S/C18H19Cl2N3O3S/c19-15-4-3-14(17(20)10-15)12-27(25,26)23-8-5-13(6-9-23)18(24)22-16-2-1-7-21-11-16/h1-4,7,10-11,13H,5-6,8-9,12H2,(H,22,24). The minimum Gasteiger partial charge on any atom is -0.324 e. The Kier molecular flexibility index (Phi) is 6.37. The van der Waals surface area contributed by atoms with E-state index in [4.69, 9.17) is 23.2 Å². The van der Waals surface area contributed by atoms with Crippen LogP contribution in [0.1, 0.15) is 18.4 Å². The lowest BCUT2D eigenvalue weighted by molar-refractivity contribution is -0.120. The molecule has 0 aliphatic carbocycles. The molecule has 1 aromatic carbocycles. The van der Waals surface area contributed by atoms with Crippen molar-refractivity contribution in [2.24, 2.45) is 5.92 Å². The van der Waals surface area contributed by atoms with Crippen molar-refractivity contribution >= 4 is 44.8 Å². The van der Waals surface area contributed by atoms with Crippen molar-refractivity contribution < 1.29 is 13.2 Å². The fourth-order valence-corrected chi connectivity index (χ4v) is 5.15. The van der Waals surface area contributed by atoms with Gasteiger partial charge in [0, 0.05) is 35.2 Å². The maximum absolute atomic E-state index is 12.7. The summed E-state index contributed by atoms with van der Waals surface area (Å²) in [7, 11) is -3.52. The summed E-state index contributed by atoms with van der Waals surface area (Å²) < 4.78 is 26.8. The molecule has 6 nitrogen and oxygen atoms in total. The molecule has 1 aromatic heterocycles. The van der Waals surface area contributed by atoms with Gasteiger partial charge < -0.3 is 5.32 Å². The van der Waals surface area contributed by atoms with Gasteiger partial charge in [-0.2, -0.15) is 0 Å². The second kappa shape index (κ2) is 8.56. The Balaban J connectivity index is 1.58. The van der Waals surface area contributed by atoms with Crippen molar-refractivity contribution in [3.63, 3.8) is 0 Å². The molecule has 144 valence electrons. The summed E-state index contributed by atoms with van der Waals surface area (Å²) in [4.78, 5) is 16.3. The number of pyridine rings is 1. The lowest BCUT2D eigenvalue weighted by Gasteiger charge is -2.30. The first kappa shape index (κ1) is 20.1. The van der Waals surface area contributed by atoms with Gasteiger partial charge in [0.1, 0.15) is 0 Å². The third-order valence-electron chi connectivity index (χ3n) is 4.50. The van der Waals surface area contributed by atoms with E-state index in [0.29, 0.717) is 47.2 Å². The first-order valence-corrected chi connectivity index (χ1v) is 10.8. The minimum absolute atomic E-state index is 0.110. The highest BCUT2D eigenvalue weighted by Crippen LogP contribution is 2.26. The van der Waals surface area contributed by atoms with E-state index >= 15 is 0 Å². The highest BCUT2D eigenvalue weighted by atomic mass is 35.5. The minimum atomic E-state index is -3.52. The fourth-order valence-electron chi connectivity index (χ4n) is 3.00. The van der Waals surface area contributed by atoms with Crippen LogP contribution >= 0.6 is 23.2 Å². The molecule has 0 unspecified atom stereocenters. The van der Waals surface area contributed by atoms with Crippen molar-refractivity contribution in [2.45, 2.75) is 18.6 Å². The highest BCUT2D eigenvalue weighted by molar-refractivity contribution is 7.88. The Hall–Kier alpha value is -1.67. The quantitative estimate of drug-likeness (QED) is 0.790. The number of rotatable bonds is 5. The van der Waals surface area contributed by atoms with Gasteiger partial charge in [0.2, 0.25) is 15.9 Å². The topological polar surface area (TPSA) is 79.4 Å². The zero-order valence-electron chi connectivity index (χ0n) is 14.4. The summed E-state index contributed by atoms with van der Waals surface area (Å²) in [6, 6.07) is 8.28. The fraction of sp³-hybridized carbons (Fsp3) is 0.333. The van der Waals surface area contributed by atoms with E-state index in [0.717, 1.165) is 0 Å². The molecule has 0 spiro atoms. The molecule has 1 amide bonds. The molecule has 0 bridgehead atoms. The predicted molar refractivity (Wildman–Crippen MR) is 106 cm³/mol. The Morgan fingerprint density at radius 1 is 1.22 bits per heavy atom. The smallest absolute Gasteiger partial charge is 0.227 e. The maximum Gasteiger partial charge on any atom is 0.227 e. The number of nitrogens with zero attached hydrogens (tertiary/aromatic N) is 2. The number of piperidine rings is 1. The lowest BCUT2D eigenvalue weighted by atomic mass is 9.97. The van der Waals surface area contributed by atoms with Gasteiger partial charge in [0.25, 0.3) is 0 Å². The number of hydrogen-bond donors (Lipinski definition) is 1. The number of carbonyl (C=O) groups is 1. The maximum atomic E-state index is 12.7. The van der Waals surface area contributed by atoms with Gasteiger partial charge in [-0.1, -0.05) is 29.3 Å². The van der Waals surface area contributed by atoms with Crippen LogP contribution in [0.15, 0.2) is 42.7 Å². The molecule has 3 rings (SSSR count). The van der Waals surface area contributed by atoms with Crippen molar-refractivity contribution in [3.8, 4) is 0 Å². The average Bonchev–Trinajstić information content (AvgIpc) is 2.65. The molecule has 1 N–H and O–H groups in total. The number of amides is 1. The third-order valence-corrected chi connectivity index (χ3v) is 6.91. The van der Waals surface area contributed by atoms with Crippen LogP contribution in [0.5, 0.6) is 0 Å². The van der Waals surface area contributed by atoms with Gasteiger partial charge in [0.15, 0.2) is 0 Å². The number of aromatic nitrogens is 1. The molecule has 0 saturated carbocycles. The number of anilines is 1. The molecule has 9 heteroatoms. The van der Waals surface area contributed by atoms with Crippen molar-refractivity contribution in [2.75, 3.05) is 18.4 Å². The van der Waals surface area contributed by atoms with Gasteiger partial charge >= 0.3 is 0 Å². The first-order valence-electron chi connectivity index (χ1n) is 8.48. The second-order valence-corrected chi connectivity index (χ2v) is 9.21. The molecule has 1 aliphatic heterocycles. The van der Waals surface area contributed by atoms with Crippen molar-refractivity contribution in [3.05, 3.63) is 58.3 Å². The molecular weight excluding hydrogens is 409 g/mol. The number of hydrogen-bond acceptors (Lipinski definition) is 4. The number of nitrogens with one attached hydrogen (secondary N) is 1. The second-order valence-electron chi connectivity index (χ2n) is 6.40. The van der Waals surface area contributed by atoms with E-state index in [1.54, 1.807) is 36.7 Å². The molecule has 2 aromatic rings. The van der Waals surface area contributed by atoms with Crippen LogP contribution in [0.2, 0.25) is 10.0 Å². The van der Waals surface area contributed by atoms with Crippen molar-refractivity contribution in [1.29, 1.82) is 0 Å². The molecule has 1 aliphatic rings. The summed E-state index contributed by atoms with van der Waals surface area (Å²) >= 11 is 11.9. The summed E-state index contributed by atoms with van der Waals surface area (Å²) in [5, 5.41) is 3.61. The molecule has 27 heavy (non-hydrogen) atoms. The van der Waals surface area contributed by atoms with Crippen LogP contribution in [-0.2, 0) is 20.6 Å². The molecule has 2 heterocycles. The number of benzene rings is 1. The van der Waals surface area contributed by atoms with E-state index in [2.05, 4.69) is 10.3 Å². The van der Waals surface area contributed by atoms with Gasteiger partial charge in [-0.3, -0.25) is 9.78 Å². The lowest BCUT2D eigenvalue weighted by Crippen LogP contribution is -2.41. The zero-order valence-corrected chi connectivity index (χ0v) is 16.8. The Labute approximate surface area is 168 Å². The van der Waals surface area contributed by atoms with Crippen LogP contribution in [0.25, 0.3) is 0 Å². The van der Waals surface area contributed by atoms with Gasteiger partial charge in [0.05, 0.1) is 17.6 Å². The summed E-state index contributed by atoms with van der Waals surface area (Å²) in [5.74, 6) is -0.521. The summed E-state index contributed by atoms with van der Waals surface area (Å²) in [6.45, 7) is 0.608. The van der Waals surface area contributed by atoms with Gasteiger partial charge in [-0.05, 0) is 42.7 Å². The van der Waals surface area contributed by atoms with Gasteiger partial charge in [-0.25, -0.2) is 12.7 Å². The molecular formula is C18H19Cl2N3O3S. The highest BCUT2D eigenvalue weighted by Gasteiger charge is 2.31.